The van der Waals surface area contributed by atoms with Gasteiger partial charge < -0.3 is 14.8 Å². The van der Waals surface area contributed by atoms with Crippen LogP contribution in [0, 0.1) is 0 Å². The Hall–Kier alpha value is -0.820. The van der Waals surface area contributed by atoms with E-state index in [1.165, 1.54) is 0 Å². The average molecular weight is 285 g/mol. The number of ether oxygens (including phenoxy) is 2. The van der Waals surface area contributed by atoms with Crippen LogP contribution in [0.5, 0.6) is 0 Å². The van der Waals surface area contributed by atoms with E-state index in [1.807, 2.05) is 6.92 Å². The van der Waals surface area contributed by atoms with Gasteiger partial charge in [-0.1, -0.05) is 6.92 Å². The normalized spacial score (nSPS) is 15.1. The number of esters is 1. The quantitative estimate of drug-likeness (QED) is 0.660. The average Bonchev–Trinajstić information content (AvgIpc) is 2.32. The summed E-state index contributed by atoms with van der Waals surface area (Å²) in [6.07, 6.45) is -5.24. The van der Waals surface area contributed by atoms with Crippen molar-refractivity contribution in [3.8, 4) is 0 Å². The molecule has 114 valence electrons. The maximum absolute atomic E-state index is 12.2. The van der Waals surface area contributed by atoms with Gasteiger partial charge in [-0.15, -0.1) is 0 Å². The second-order valence-corrected chi connectivity index (χ2v) is 4.10. The topological polar surface area (TPSA) is 47.6 Å². The number of nitrogens with one attached hydrogen (secondary N) is 1. The smallest absolute Gasteiger partial charge is 0.414 e. The number of halogens is 3. The Labute approximate surface area is 111 Å². The lowest BCUT2D eigenvalue weighted by Crippen LogP contribution is -2.40. The van der Waals surface area contributed by atoms with E-state index in [1.54, 1.807) is 6.92 Å². The van der Waals surface area contributed by atoms with Crippen LogP contribution in [0.4, 0.5) is 13.2 Å². The van der Waals surface area contributed by atoms with E-state index in [0.29, 0.717) is 6.54 Å². The van der Waals surface area contributed by atoms with Crippen LogP contribution in [-0.4, -0.2) is 44.0 Å². The highest BCUT2D eigenvalue weighted by Gasteiger charge is 2.37. The molecule has 0 bridgehead atoms. The molecule has 7 heteroatoms. The fraction of sp³-hybridized carbons (Fsp3) is 0.917. The molecule has 0 aromatic heterocycles. The van der Waals surface area contributed by atoms with E-state index in [2.05, 4.69) is 10.1 Å². The van der Waals surface area contributed by atoms with Crippen LogP contribution in [0.1, 0.15) is 33.6 Å². The molecular weight excluding hydrogens is 263 g/mol. The van der Waals surface area contributed by atoms with Crippen LogP contribution in [0.15, 0.2) is 0 Å². The Balaban J connectivity index is 4.15. The molecule has 0 aromatic carbocycles. The number of carbonyl (C=O) groups excluding carboxylic acids is 1. The Morgan fingerprint density at radius 1 is 1.32 bits per heavy atom. The fourth-order valence-corrected chi connectivity index (χ4v) is 1.32. The minimum atomic E-state index is -4.38. The van der Waals surface area contributed by atoms with Gasteiger partial charge in [0.2, 0.25) is 0 Å². The van der Waals surface area contributed by atoms with Gasteiger partial charge in [0.15, 0.2) is 6.10 Å². The van der Waals surface area contributed by atoms with Gasteiger partial charge >= 0.3 is 12.1 Å². The summed E-state index contributed by atoms with van der Waals surface area (Å²) >= 11 is 0. The van der Waals surface area contributed by atoms with Crippen molar-refractivity contribution in [1.29, 1.82) is 0 Å². The Morgan fingerprint density at radius 2 is 1.95 bits per heavy atom. The van der Waals surface area contributed by atoms with Crippen LogP contribution in [0.25, 0.3) is 0 Å². The molecule has 0 spiro atoms. The van der Waals surface area contributed by atoms with E-state index >= 15 is 0 Å². The zero-order chi connectivity index (χ0) is 14.9. The number of hydrogen-bond donors (Lipinski definition) is 1. The highest BCUT2D eigenvalue weighted by atomic mass is 19.4. The molecule has 0 aliphatic rings. The SMILES string of the molecule is CCCNC(CCOC(C)C(F)(F)F)C(=O)OCC. The highest BCUT2D eigenvalue weighted by Crippen LogP contribution is 2.22. The second kappa shape index (κ2) is 9.14. The van der Waals surface area contributed by atoms with Crippen molar-refractivity contribution in [3.63, 3.8) is 0 Å². The molecule has 0 aliphatic carbocycles. The highest BCUT2D eigenvalue weighted by molar-refractivity contribution is 5.75. The van der Waals surface area contributed by atoms with Gasteiger partial charge in [-0.05, 0) is 33.2 Å². The fourth-order valence-electron chi connectivity index (χ4n) is 1.32. The zero-order valence-electron chi connectivity index (χ0n) is 11.5. The minimum Gasteiger partial charge on any atom is -0.465 e. The second-order valence-electron chi connectivity index (χ2n) is 4.10. The predicted octanol–water partition coefficient (Wildman–Crippen LogP) is 2.28. The number of alkyl halides is 3. The lowest BCUT2D eigenvalue weighted by molar-refractivity contribution is -0.214. The van der Waals surface area contributed by atoms with Crippen LogP contribution < -0.4 is 5.32 Å². The molecule has 2 unspecified atom stereocenters. The first-order valence-corrected chi connectivity index (χ1v) is 6.41. The largest absolute Gasteiger partial charge is 0.465 e. The molecule has 0 fully saturated rings. The van der Waals surface area contributed by atoms with Gasteiger partial charge in [0.25, 0.3) is 0 Å². The van der Waals surface area contributed by atoms with Crippen molar-refractivity contribution >= 4 is 5.97 Å². The number of rotatable bonds is 9. The number of hydrogen-bond acceptors (Lipinski definition) is 4. The maximum atomic E-state index is 12.2. The van der Waals surface area contributed by atoms with Crippen molar-refractivity contribution in [2.24, 2.45) is 0 Å². The monoisotopic (exact) mass is 285 g/mol. The van der Waals surface area contributed by atoms with Crippen LogP contribution in [-0.2, 0) is 14.3 Å². The predicted molar refractivity (Wildman–Crippen MR) is 64.8 cm³/mol. The van der Waals surface area contributed by atoms with E-state index in [-0.39, 0.29) is 19.6 Å². The summed E-state index contributed by atoms with van der Waals surface area (Å²) < 4.78 is 46.2. The molecule has 0 radical (unpaired) electrons. The summed E-state index contributed by atoms with van der Waals surface area (Å²) in [6.45, 7) is 5.23. The summed E-state index contributed by atoms with van der Waals surface area (Å²) in [5.74, 6) is -0.459. The summed E-state index contributed by atoms with van der Waals surface area (Å²) in [5, 5.41) is 2.93. The Bertz CT molecular complexity index is 259. The van der Waals surface area contributed by atoms with Crippen molar-refractivity contribution in [2.45, 2.75) is 51.9 Å². The van der Waals surface area contributed by atoms with Crippen molar-refractivity contribution in [2.75, 3.05) is 19.8 Å². The molecule has 0 rings (SSSR count). The first-order valence-electron chi connectivity index (χ1n) is 6.41. The summed E-state index contributed by atoms with van der Waals surface area (Å²) in [7, 11) is 0. The van der Waals surface area contributed by atoms with E-state index < -0.39 is 24.3 Å². The summed E-state index contributed by atoms with van der Waals surface area (Å²) in [5.41, 5.74) is 0. The van der Waals surface area contributed by atoms with E-state index in [9.17, 15) is 18.0 Å². The molecule has 19 heavy (non-hydrogen) atoms. The zero-order valence-corrected chi connectivity index (χ0v) is 11.5. The summed E-state index contributed by atoms with van der Waals surface area (Å²) in [4.78, 5) is 11.6. The van der Waals surface area contributed by atoms with Crippen LogP contribution in [0.2, 0.25) is 0 Å². The van der Waals surface area contributed by atoms with E-state index in [0.717, 1.165) is 13.3 Å². The maximum Gasteiger partial charge on any atom is 0.414 e. The molecule has 1 N–H and O–H groups in total. The molecule has 0 saturated carbocycles. The molecule has 2 atom stereocenters. The van der Waals surface area contributed by atoms with Crippen LogP contribution >= 0.6 is 0 Å². The van der Waals surface area contributed by atoms with Crippen molar-refractivity contribution in [3.05, 3.63) is 0 Å². The molecule has 0 heterocycles. The molecule has 4 nitrogen and oxygen atoms in total. The lowest BCUT2D eigenvalue weighted by atomic mass is 10.2. The van der Waals surface area contributed by atoms with Gasteiger partial charge in [-0.3, -0.25) is 4.79 Å². The lowest BCUT2D eigenvalue weighted by Gasteiger charge is -2.20. The number of carbonyl (C=O) groups is 1. The van der Waals surface area contributed by atoms with Gasteiger partial charge in [-0.25, -0.2) is 0 Å². The first kappa shape index (κ1) is 18.2. The van der Waals surface area contributed by atoms with Gasteiger partial charge in [0.1, 0.15) is 6.04 Å². The van der Waals surface area contributed by atoms with E-state index in [4.69, 9.17) is 4.74 Å². The Kier molecular flexibility index (Phi) is 8.75. The third kappa shape index (κ3) is 8.05. The molecule has 0 aromatic rings. The molecule has 0 amide bonds. The first-order chi connectivity index (χ1) is 8.82. The standard InChI is InChI=1S/C12H22F3NO3/c1-4-7-16-10(11(17)18-5-2)6-8-19-9(3)12(13,14)15/h9-10,16H,4-8H2,1-3H3. The molecule has 0 aliphatic heterocycles. The molecule has 0 saturated heterocycles. The van der Waals surface area contributed by atoms with Crippen molar-refractivity contribution < 1.29 is 27.4 Å². The van der Waals surface area contributed by atoms with Gasteiger partial charge in [0, 0.05) is 6.61 Å². The minimum absolute atomic E-state index is 0.152. The Morgan fingerprint density at radius 3 is 2.42 bits per heavy atom. The third-order valence-electron chi connectivity index (χ3n) is 2.45. The van der Waals surface area contributed by atoms with Crippen LogP contribution in [0.3, 0.4) is 0 Å². The third-order valence-corrected chi connectivity index (χ3v) is 2.45. The van der Waals surface area contributed by atoms with Gasteiger partial charge in [0.05, 0.1) is 6.61 Å². The summed E-state index contributed by atoms with van der Waals surface area (Å²) in [6, 6.07) is -0.625. The van der Waals surface area contributed by atoms with Crippen molar-refractivity contribution in [1.82, 2.24) is 5.32 Å². The molecular formula is C12H22F3NO3. The van der Waals surface area contributed by atoms with Gasteiger partial charge in [-0.2, -0.15) is 13.2 Å².